The summed E-state index contributed by atoms with van der Waals surface area (Å²) < 4.78 is 40.4. The van der Waals surface area contributed by atoms with Crippen molar-refractivity contribution in [2.24, 2.45) is 0 Å². The van der Waals surface area contributed by atoms with Gasteiger partial charge >= 0.3 is 6.18 Å². The number of anilines is 1. The van der Waals surface area contributed by atoms with Crippen molar-refractivity contribution in [3.05, 3.63) is 48.3 Å². The van der Waals surface area contributed by atoms with Crippen LogP contribution in [0.1, 0.15) is 5.56 Å². The van der Waals surface area contributed by atoms with E-state index in [-0.39, 0.29) is 11.6 Å². The van der Waals surface area contributed by atoms with Gasteiger partial charge in [-0.05, 0) is 24.3 Å². The van der Waals surface area contributed by atoms with Crippen molar-refractivity contribution in [2.75, 3.05) is 12.4 Å². The average molecular weight is 292 g/mol. The Morgan fingerprint density at radius 2 is 1.90 bits per heavy atom. The average Bonchev–Trinajstić information content (AvgIpc) is 2.89. The van der Waals surface area contributed by atoms with Crippen LogP contribution in [0.15, 0.2) is 42.7 Å². The summed E-state index contributed by atoms with van der Waals surface area (Å²) in [5.74, 6) is 0.320. The second-order valence-electron chi connectivity index (χ2n) is 4.45. The SMILES string of the molecule is CNc1cc(C(F)(F)F)cc(-n2cnc3ccccc32)n1. The van der Waals surface area contributed by atoms with Crippen molar-refractivity contribution < 1.29 is 13.2 Å². The molecule has 7 heteroatoms. The summed E-state index contributed by atoms with van der Waals surface area (Å²) in [6, 6.07) is 9.17. The van der Waals surface area contributed by atoms with E-state index in [0.29, 0.717) is 11.0 Å². The highest BCUT2D eigenvalue weighted by Gasteiger charge is 2.31. The summed E-state index contributed by atoms with van der Waals surface area (Å²) in [4.78, 5) is 8.33. The Labute approximate surface area is 118 Å². The maximum Gasteiger partial charge on any atom is 0.416 e. The number of pyridine rings is 1. The van der Waals surface area contributed by atoms with E-state index in [9.17, 15) is 13.2 Å². The van der Waals surface area contributed by atoms with Crippen LogP contribution in [0.3, 0.4) is 0 Å². The minimum Gasteiger partial charge on any atom is -0.373 e. The summed E-state index contributed by atoms with van der Waals surface area (Å²) in [5, 5.41) is 2.65. The van der Waals surface area contributed by atoms with Crippen molar-refractivity contribution in [2.45, 2.75) is 6.18 Å². The van der Waals surface area contributed by atoms with E-state index in [2.05, 4.69) is 15.3 Å². The lowest BCUT2D eigenvalue weighted by Gasteiger charge is -2.12. The van der Waals surface area contributed by atoms with Crippen molar-refractivity contribution in [1.29, 1.82) is 0 Å². The number of hydrogen-bond donors (Lipinski definition) is 1. The highest BCUT2D eigenvalue weighted by atomic mass is 19.4. The zero-order valence-corrected chi connectivity index (χ0v) is 11.0. The minimum atomic E-state index is -4.43. The van der Waals surface area contributed by atoms with E-state index >= 15 is 0 Å². The molecule has 0 amide bonds. The number of rotatable bonds is 2. The Kier molecular flexibility index (Phi) is 3.04. The van der Waals surface area contributed by atoms with Gasteiger partial charge in [0.2, 0.25) is 0 Å². The van der Waals surface area contributed by atoms with E-state index in [1.165, 1.54) is 17.9 Å². The number of para-hydroxylation sites is 2. The van der Waals surface area contributed by atoms with Crippen LogP contribution in [0.2, 0.25) is 0 Å². The first-order chi connectivity index (χ1) is 9.99. The monoisotopic (exact) mass is 292 g/mol. The van der Waals surface area contributed by atoms with Gasteiger partial charge in [0, 0.05) is 7.05 Å². The predicted molar refractivity (Wildman–Crippen MR) is 73.4 cm³/mol. The first-order valence-corrected chi connectivity index (χ1v) is 6.18. The standard InChI is InChI=1S/C14H11F3N4/c1-18-12-6-9(14(15,16)17)7-13(20-12)21-8-19-10-4-2-3-5-11(10)21/h2-8H,1H3,(H,18,20). The topological polar surface area (TPSA) is 42.7 Å². The van der Waals surface area contributed by atoms with E-state index in [0.717, 1.165) is 12.1 Å². The van der Waals surface area contributed by atoms with Gasteiger partial charge in [0.1, 0.15) is 18.0 Å². The number of alkyl halides is 3. The molecule has 1 N–H and O–H groups in total. The fraction of sp³-hybridized carbons (Fsp3) is 0.143. The molecule has 0 saturated carbocycles. The van der Waals surface area contributed by atoms with E-state index < -0.39 is 11.7 Å². The molecular weight excluding hydrogens is 281 g/mol. The highest BCUT2D eigenvalue weighted by Crippen LogP contribution is 2.32. The number of nitrogens with one attached hydrogen (secondary N) is 1. The first kappa shape index (κ1) is 13.4. The summed E-state index contributed by atoms with van der Waals surface area (Å²) in [7, 11) is 1.53. The van der Waals surface area contributed by atoms with Crippen LogP contribution in [-0.4, -0.2) is 21.6 Å². The van der Waals surface area contributed by atoms with Gasteiger partial charge in [0.05, 0.1) is 16.6 Å². The normalized spacial score (nSPS) is 11.8. The van der Waals surface area contributed by atoms with Crippen LogP contribution in [-0.2, 0) is 6.18 Å². The van der Waals surface area contributed by atoms with E-state index in [1.807, 2.05) is 6.07 Å². The van der Waals surface area contributed by atoms with Gasteiger partial charge in [0.25, 0.3) is 0 Å². The van der Waals surface area contributed by atoms with Crippen molar-refractivity contribution >= 4 is 16.9 Å². The van der Waals surface area contributed by atoms with Crippen LogP contribution >= 0.6 is 0 Å². The molecule has 0 bridgehead atoms. The van der Waals surface area contributed by atoms with Gasteiger partial charge in [-0.15, -0.1) is 0 Å². The molecular formula is C14H11F3N4. The predicted octanol–water partition coefficient (Wildman–Crippen LogP) is 3.48. The molecule has 0 unspecified atom stereocenters. The second-order valence-corrected chi connectivity index (χ2v) is 4.45. The molecule has 1 aromatic carbocycles. The maximum atomic E-state index is 13.0. The molecule has 4 nitrogen and oxygen atoms in total. The number of hydrogen-bond acceptors (Lipinski definition) is 3. The van der Waals surface area contributed by atoms with Crippen molar-refractivity contribution in [3.8, 4) is 5.82 Å². The zero-order chi connectivity index (χ0) is 15.0. The fourth-order valence-corrected chi connectivity index (χ4v) is 2.07. The van der Waals surface area contributed by atoms with Crippen LogP contribution in [0.4, 0.5) is 19.0 Å². The third-order valence-corrected chi connectivity index (χ3v) is 3.10. The number of nitrogens with zero attached hydrogens (tertiary/aromatic N) is 3. The fourth-order valence-electron chi connectivity index (χ4n) is 2.07. The number of imidazole rings is 1. The maximum absolute atomic E-state index is 13.0. The number of fused-ring (bicyclic) bond motifs is 1. The third-order valence-electron chi connectivity index (χ3n) is 3.10. The van der Waals surface area contributed by atoms with Crippen LogP contribution in [0.5, 0.6) is 0 Å². The Balaban J connectivity index is 2.22. The summed E-state index contributed by atoms with van der Waals surface area (Å²) in [6.45, 7) is 0. The molecule has 3 rings (SSSR count). The zero-order valence-electron chi connectivity index (χ0n) is 11.0. The molecule has 2 heterocycles. The molecule has 2 aromatic heterocycles. The first-order valence-electron chi connectivity index (χ1n) is 6.18. The van der Waals surface area contributed by atoms with Gasteiger partial charge in [-0.25, -0.2) is 9.97 Å². The third kappa shape index (κ3) is 2.42. The van der Waals surface area contributed by atoms with Crippen molar-refractivity contribution in [1.82, 2.24) is 14.5 Å². The van der Waals surface area contributed by atoms with Gasteiger partial charge in [-0.3, -0.25) is 4.57 Å². The number of halogens is 3. The molecule has 108 valence electrons. The van der Waals surface area contributed by atoms with E-state index in [4.69, 9.17) is 0 Å². The summed E-state index contributed by atoms with van der Waals surface area (Å²) >= 11 is 0. The van der Waals surface area contributed by atoms with Crippen LogP contribution in [0, 0.1) is 0 Å². The summed E-state index contributed by atoms with van der Waals surface area (Å²) in [5.41, 5.74) is 0.642. The molecule has 0 radical (unpaired) electrons. The molecule has 0 atom stereocenters. The number of benzene rings is 1. The number of aromatic nitrogens is 3. The lowest BCUT2D eigenvalue weighted by molar-refractivity contribution is -0.137. The Morgan fingerprint density at radius 3 is 2.62 bits per heavy atom. The Hall–Kier alpha value is -2.57. The van der Waals surface area contributed by atoms with Gasteiger partial charge in [-0.2, -0.15) is 13.2 Å². The Morgan fingerprint density at radius 1 is 1.14 bits per heavy atom. The van der Waals surface area contributed by atoms with Crippen LogP contribution < -0.4 is 5.32 Å². The molecule has 0 saturated heterocycles. The molecule has 0 spiro atoms. The smallest absolute Gasteiger partial charge is 0.373 e. The van der Waals surface area contributed by atoms with Gasteiger partial charge < -0.3 is 5.32 Å². The molecule has 0 aliphatic heterocycles. The molecule has 0 aliphatic rings. The van der Waals surface area contributed by atoms with Crippen LogP contribution in [0.25, 0.3) is 16.9 Å². The summed E-state index contributed by atoms with van der Waals surface area (Å²) in [6.07, 6.45) is -2.97. The quantitative estimate of drug-likeness (QED) is 0.786. The largest absolute Gasteiger partial charge is 0.416 e. The van der Waals surface area contributed by atoms with E-state index in [1.54, 1.807) is 18.2 Å². The lowest BCUT2D eigenvalue weighted by Crippen LogP contribution is -2.09. The van der Waals surface area contributed by atoms with Gasteiger partial charge in [-0.1, -0.05) is 12.1 Å². The minimum absolute atomic E-state index is 0.151. The Bertz CT molecular complexity index is 792. The lowest BCUT2D eigenvalue weighted by atomic mass is 10.2. The molecule has 0 aliphatic carbocycles. The molecule has 0 fully saturated rings. The van der Waals surface area contributed by atoms with Gasteiger partial charge in [0.15, 0.2) is 0 Å². The highest BCUT2D eigenvalue weighted by molar-refractivity contribution is 5.76. The second kappa shape index (κ2) is 4.76. The molecule has 21 heavy (non-hydrogen) atoms. The molecule has 3 aromatic rings. The van der Waals surface area contributed by atoms with Crippen molar-refractivity contribution in [3.63, 3.8) is 0 Å².